The van der Waals surface area contributed by atoms with Gasteiger partial charge in [-0.3, -0.25) is 4.90 Å². The number of rotatable bonds is 5. The predicted molar refractivity (Wildman–Crippen MR) is 80.5 cm³/mol. The maximum atomic E-state index is 5.54. The topological polar surface area (TPSA) is 24.5 Å². The van der Waals surface area contributed by atoms with Crippen molar-refractivity contribution in [3.8, 4) is 0 Å². The van der Waals surface area contributed by atoms with Crippen molar-refractivity contribution in [2.75, 3.05) is 32.8 Å². The molecule has 2 fully saturated rings. The number of likely N-dealkylation sites (tertiary alicyclic amines) is 1. The summed E-state index contributed by atoms with van der Waals surface area (Å²) in [6, 6.07) is 0.597. The van der Waals surface area contributed by atoms with Gasteiger partial charge in [-0.25, -0.2) is 0 Å². The lowest BCUT2D eigenvalue weighted by atomic mass is 9.78. The SMILES string of the molecule is CCNC(C1CCOCC1)C(C)(C)N1CCCCC1. The van der Waals surface area contributed by atoms with Crippen LogP contribution < -0.4 is 5.32 Å². The van der Waals surface area contributed by atoms with E-state index in [0.717, 1.165) is 25.7 Å². The molecule has 0 aliphatic carbocycles. The summed E-state index contributed by atoms with van der Waals surface area (Å²) in [5, 5.41) is 3.79. The fourth-order valence-electron chi connectivity index (χ4n) is 3.93. The summed E-state index contributed by atoms with van der Waals surface area (Å²) in [6.07, 6.45) is 6.59. The van der Waals surface area contributed by atoms with Gasteiger partial charge in [0.25, 0.3) is 0 Å². The highest BCUT2D eigenvalue weighted by Gasteiger charge is 2.40. The van der Waals surface area contributed by atoms with Crippen LogP contribution in [0.3, 0.4) is 0 Å². The summed E-state index contributed by atoms with van der Waals surface area (Å²) >= 11 is 0. The number of nitrogens with zero attached hydrogens (tertiary/aromatic N) is 1. The third kappa shape index (κ3) is 3.71. The smallest absolute Gasteiger partial charge is 0.0469 e. The van der Waals surface area contributed by atoms with Crippen LogP contribution in [0.1, 0.15) is 52.9 Å². The van der Waals surface area contributed by atoms with Gasteiger partial charge >= 0.3 is 0 Å². The second-order valence-electron chi connectivity index (χ2n) is 6.69. The van der Waals surface area contributed by atoms with Crippen LogP contribution in [0.2, 0.25) is 0 Å². The fourth-order valence-corrected chi connectivity index (χ4v) is 3.93. The summed E-state index contributed by atoms with van der Waals surface area (Å²) in [7, 11) is 0. The molecule has 0 radical (unpaired) electrons. The van der Waals surface area contributed by atoms with Crippen LogP contribution in [0.15, 0.2) is 0 Å². The van der Waals surface area contributed by atoms with Gasteiger partial charge in [0.1, 0.15) is 0 Å². The minimum Gasteiger partial charge on any atom is -0.381 e. The van der Waals surface area contributed by atoms with Crippen LogP contribution in [0.5, 0.6) is 0 Å². The lowest BCUT2D eigenvalue weighted by Crippen LogP contribution is -2.62. The Morgan fingerprint density at radius 3 is 2.37 bits per heavy atom. The normalized spacial score (nSPS) is 25.4. The number of piperidine rings is 1. The molecule has 0 amide bonds. The quantitative estimate of drug-likeness (QED) is 0.829. The van der Waals surface area contributed by atoms with Gasteiger partial charge in [-0.05, 0) is 65.1 Å². The van der Waals surface area contributed by atoms with Crippen molar-refractivity contribution in [3.05, 3.63) is 0 Å². The molecule has 1 N–H and O–H groups in total. The van der Waals surface area contributed by atoms with E-state index >= 15 is 0 Å². The first-order chi connectivity index (χ1) is 9.16. The standard InChI is InChI=1S/C16H32N2O/c1-4-17-15(14-8-12-19-13-9-14)16(2,3)18-10-6-5-7-11-18/h14-15,17H,4-13H2,1-3H3. The molecule has 2 heterocycles. The first-order valence-electron chi connectivity index (χ1n) is 8.22. The van der Waals surface area contributed by atoms with Crippen LogP contribution in [-0.2, 0) is 4.74 Å². The Labute approximate surface area is 119 Å². The molecule has 2 saturated heterocycles. The summed E-state index contributed by atoms with van der Waals surface area (Å²) in [6.45, 7) is 12.6. The monoisotopic (exact) mass is 268 g/mol. The molecule has 2 aliphatic rings. The van der Waals surface area contributed by atoms with Crippen molar-refractivity contribution in [1.29, 1.82) is 0 Å². The molecule has 0 aromatic heterocycles. The van der Waals surface area contributed by atoms with Gasteiger partial charge in [-0.15, -0.1) is 0 Å². The molecule has 0 spiro atoms. The molecule has 1 unspecified atom stereocenters. The lowest BCUT2D eigenvalue weighted by molar-refractivity contribution is -0.000776. The Morgan fingerprint density at radius 1 is 1.16 bits per heavy atom. The van der Waals surface area contributed by atoms with E-state index in [2.05, 4.69) is 31.0 Å². The van der Waals surface area contributed by atoms with Crippen molar-refractivity contribution in [2.24, 2.45) is 5.92 Å². The summed E-state index contributed by atoms with van der Waals surface area (Å²) in [5.74, 6) is 0.769. The maximum absolute atomic E-state index is 5.54. The van der Waals surface area contributed by atoms with E-state index in [1.54, 1.807) is 0 Å². The molecule has 1 atom stereocenters. The average molecular weight is 268 g/mol. The average Bonchev–Trinajstić information content (AvgIpc) is 2.46. The van der Waals surface area contributed by atoms with Crippen molar-refractivity contribution >= 4 is 0 Å². The molecule has 0 bridgehead atoms. The summed E-state index contributed by atoms with van der Waals surface area (Å²) in [4.78, 5) is 2.72. The Hall–Kier alpha value is -0.120. The van der Waals surface area contributed by atoms with Gasteiger partial charge < -0.3 is 10.1 Å². The maximum Gasteiger partial charge on any atom is 0.0469 e. The van der Waals surface area contributed by atoms with Gasteiger partial charge in [0.05, 0.1) is 0 Å². The van der Waals surface area contributed by atoms with Crippen molar-refractivity contribution in [3.63, 3.8) is 0 Å². The van der Waals surface area contributed by atoms with Crippen molar-refractivity contribution in [2.45, 2.75) is 64.5 Å². The minimum absolute atomic E-state index is 0.262. The van der Waals surface area contributed by atoms with E-state index in [1.807, 2.05) is 0 Å². The third-order valence-electron chi connectivity index (χ3n) is 5.09. The van der Waals surface area contributed by atoms with Gasteiger partial charge in [0, 0.05) is 24.8 Å². The van der Waals surface area contributed by atoms with E-state index < -0.39 is 0 Å². The van der Waals surface area contributed by atoms with Crippen molar-refractivity contribution < 1.29 is 4.74 Å². The van der Waals surface area contributed by atoms with Crippen LogP contribution in [0, 0.1) is 5.92 Å². The zero-order valence-corrected chi connectivity index (χ0v) is 13.1. The molecule has 19 heavy (non-hydrogen) atoms. The largest absolute Gasteiger partial charge is 0.381 e. The molecule has 3 heteroatoms. The highest BCUT2D eigenvalue weighted by Crippen LogP contribution is 2.31. The Balaban J connectivity index is 2.06. The highest BCUT2D eigenvalue weighted by molar-refractivity contribution is 4.98. The second-order valence-corrected chi connectivity index (χ2v) is 6.69. The molecule has 0 aromatic carbocycles. The summed E-state index contributed by atoms with van der Waals surface area (Å²) in [5.41, 5.74) is 0.262. The first kappa shape index (κ1) is 15.3. The predicted octanol–water partition coefficient (Wildman–Crippen LogP) is 2.66. The van der Waals surface area contributed by atoms with Crippen LogP contribution in [-0.4, -0.2) is 49.3 Å². The Kier molecular flexibility index (Phi) is 5.67. The molecule has 0 aromatic rings. The van der Waals surface area contributed by atoms with Gasteiger partial charge in [0.15, 0.2) is 0 Å². The van der Waals surface area contributed by atoms with E-state index in [4.69, 9.17) is 4.74 Å². The van der Waals surface area contributed by atoms with E-state index in [1.165, 1.54) is 45.2 Å². The van der Waals surface area contributed by atoms with E-state index in [-0.39, 0.29) is 5.54 Å². The highest BCUT2D eigenvalue weighted by atomic mass is 16.5. The van der Waals surface area contributed by atoms with Crippen LogP contribution in [0.25, 0.3) is 0 Å². The Morgan fingerprint density at radius 2 is 1.79 bits per heavy atom. The molecule has 112 valence electrons. The van der Waals surface area contributed by atoms with Crippen molar-refractivity contribution in [1.82, 2.24) is 10.2 Å². The minimum atomic E-state index is 0.262. The Bertz CT molecular complexity index is 255. The number of likely N-dealkylation sites (N-methyl/N-ethyl adjacent to an activating group) is 1. The molecule has 3 nitrogen and oxygen atoms in total. The number of ether oxygens (including phenoxy) is 1. The summed E-state index contributed by atoms with van der Waals surface area (Å²) < 4.78 is 5.54. The molecular weight excluding hydrogens is 236 g/mol. The number of nitrogens with one attached hydrogen (secondary N) is 1. The second kappa shape index (κ2) is 7.05. The van der Waals surface area contributed by atoms with Gasteiger partial charge in [-0.2, -0.15) is 0 Å². The zero-order chi connectivity index (χ0) is 13.7. The molecule has 2 rings (SSSR count). The van der Waals surface area contributed by atoms with E-state index in [0.29, 0.717) is 6.04 Å². The number of hydrogen-bond donors (Lipinski definition) is 1. The third-order valence-corrected chi connectivity index (χ3v) is 5.09. The van der Waals surface area contributed by atoms with Gasteiger partial charge in [-0.1, -0.05) is 13.3 Å². The fraction of sp³-hybridized carbons (Fsp3) is 1.00. The first-order valence-corrected chi connectivity index (χ1v) is 8.22. The van der Waals surface area contributed by atoms with E-state index in [9.17, 15) is 0 Å². The van der Waals surface area contributed by atoms with Crippen LogP contribution in [0.4, 0.5) is 0 Å². The molecular formula is C16H32N2O. The van der Waals surface area contributed by atoms with Gasteiger partial charge in [0.2, 0.25) is 0 Å². The number of hydrogen-bond acceptors (Lipinski definition) is 3. The van der Waals surface area contributed by atoms with Crippen LogP contribution >= 0.6 is 0 Å². The lowest BCUT2D eigenvalue weighted by Gasteiger charge is -2.49. The molecule has 2 aliphatic heterocycles. The molecule has 0 saturated carbocycles. The zero-order valence-electron chi connectivity index (χ0n) is 13.1.